The maximum Gasteiger partial charge on any atom is 0.0352 e. The van der Waals surface area contributed by atoms with Crippen molar-refractivity contribution in [3.63, 3.8) is 0 Å². The SMILES string of the molecule is CCN1C(CNC)CN(C)CCC1(C)C. The van der Waals surface area contributed by atoms with Crippen LogP contribution >= 0.6 is 0 Å². The van der Waals surface area contributed by atoms with Gasteiger partial charge in [0.2, 0.25) is 0 Å². The van der Waals surface area contributed by atoms with Gasteiger partial charge in [0.1, 0.15) is 0 Å². The summed E-state index contributed by atoms with van der Waals surface area (Å²) in [5.74, 6) is 0. The van der Waals surface area contributed by atoms with Gasteiger partial charge in [0.25, 0.3) is 0 Å². The van der Waals surface area contributed by atoms with E-state index in [1.54, 1.807) is 0 Å². The topological polar surface area (TPSA) is 18.5 Å². The van der Waals surface area contributed by atoms with E-state index >= 15 is 0 Å². The second-order valence-electron chi connectivity index (χ2n) is 5.32. The molecule has 1 rings (SSSR count). The third-order valence-electron chi connectivity index (χ3n) is 3.63. The fourth-order valence-corrected chi connectivity index (χ4v) is 2.75. The summed E-state index contributed by atoms with van der Waals surface area (Å²) in [7, 11) is 4.28. The Labute approximate surface area is 94.8 Å². The molecule has 1 heterocycles. The first-order chi connectivity index (χ1) is 7.01. The number of rotatable bonds is 3. The number of hydrogen-bond donors (Lipinski definition) is 1. The van der Waals surface area contributed by atoms with Crippen molar-refractivity contribution in [3.05, 3.63) is 0 Å². The highest BCUT2D eigenvalue weighted by molar-refractivity contribution is 4.91. The molecule has 0 aliphatic carbocycles. The Morgan fingerprint density at radius 1 is 1.40 bits per heavy atom. The monoisotopic (exact) mass is 213 g/mol. The average Bonchev–Trinajstić information content (AvgIpc) is 2.25. The van der Waals surface area contributed by atoms with Gasteiger partial charge in [0.15, 0.2) is 0 Å². The highest BCUT2D eigenvalue weighted by Gasteiger charge is 2.34. The Morgan fingerprint density at radius 3 is 2.60 bits per heavy atom. The summed E-state index contributed by atoms with van der Waals surface area (Å²) >= 11 is 0. The number of nitrogens with zero attached hydrogens (tertiary/aromatic N) is 2. The van der Waals surface area contributed by atoms with Crippen molar-refractivity contribution >= 4 is 0 Å². The van der Waals surface area contributed by atoms with Gasteiger partial charge in [-0.2, -0.15) is 0 Å². The van der Waals surface area contributed by atoms with Gasteiger partial charge >= 0.3 is 0 Å². The second-order valence-corrected chi connectivity index (χ2v) is 5.32. The van der Waals surface area contributed by atoms with Crippen LogP contribution in [0.3, 0.4) is 0 Å². The molecule has 90 valence electrons. The first-order valence-corrected chi connectivity index (χ1v) is 6.11. The normalized spacial score (nSPS) is 29.0. The number of hydrogen-bond acceptors (Lipinski definition) is 3. The lowest BCUT2D eigenvalue weighted by atomic mass is 9.97. The summed E-state index contributed by atoms with van der Waals surface area (Å²) in [5, 5.41) is 3.32. The van der Waals surface area contributed by atoms with Gasteiger partial charge in [-0.05, 0) is 47.5 Å². The van der Waals surface area contributed by atoms with Crippen LogP contribution in [0, 0.1) is 0 Å². The molecular weight excluding hydrogens is 186 g/mol. The lowest BCUT2D eigenvalue weighted by molar-refractivity contribution is 0.0822. The molecule has 1 aliphatic heterocycles. The Kier molecular flexibility index (Phi) is 4.56. The zero-order valence-electron chi connectivity index (χ0n) is 11.0. The van der Waals surface area contributed by atoms with Crippen LogP contribution in [0.1, 0.15) is 27.2 Å². The van der Waals surface area contributed by atoms with Crippen LogP contribution in [0.4, 0.5) is 0 Å². The van der Waals surface area contributed by atoms with Crippen molar-refractivity contribution in [1.82, 2.24) is 15.1 Å². The third kappa shape index (κ3) is 3.16. The summed E-state index contributed by atoms with van der Waals surface area (Å²) < 4.78 is 0. The van der Waals surface area contributed by atoms with Crippen LogP contribution in [-0.4, -0.2) is 61.7 Å². The van der Waals surface area contributed by atoms with E-state index < -0.39 is 0 Å². The molecule has 1 aliphatic rings. The molecule has 0 radical (unpaired) electrons. The quantitative estimate of drug-likeness (QED) is 0.755. The molecule has 0 spiro atoms. The van der Waals surface area contributed by atoms with Crippen molar-refractivity contribution in [2.45, 2.75) is 38.8 Å². The Morgan fingerprint density at radius 2 is 2.07 bits per heavy atom. The fourth-order valence-electron chi connectivity index (χ4n) is 2.75. The van der Waals surface area contributed by atoms with Gasteiger partial charge < -0.3 is 10.2 Å². The summed E-state index contributed by atoms with van der Waals surface area (Å²) in [6, 6.07) is 0.641. The molecule has 1 atom stereocenters. The molecule has 3 nitrogen and oxygen atoms in total. The molecule has 0 aromatic carbocycles. The summed E-state index contributed by atoms with van der Waals surface area (Å²) in [6.45, 7) is 11.6. The maximum atomic E-state index is 3.32. The molecule has 0 aromatic rings. The van der Waals surface area contributed by atoms with Crippen molar-refractivity contribution in [2.75, 3.05) is 40.3 Å². The first-order valence-electron chi connectivity index (χ1n) is 6.11. The van der Waals surface area contributed by atoms with Gasteiger partial charge in [-0.1, -0.05) is 6.92 Å². The minimum atomic E-state index is 0.334. The van der Waals surface area contributed by atoms with Crippen molar-refractivity contribution in [1.29, 1.82) is 0 Å². The summed E-state index contributed by atoms with van der Waals surface area (Å²) in [5.41, 5.74) is 0.334. The first kappa shape index (κ1) is 12.9. The Bertz CT molecular complexity index is 191. The fraction of sp³-hybridized carbons (Fsp3) is 1.00. The van der Waals surface area contributed by atoms with E-state index in [1.807, 2.05) is 7.05 Å². The van der Waals surface area contributed by atoms with Crippen LogP contribution in [0.25, 0.3) is 0 Å². The van der Waals surface area contributed by atoms with Crippen molar-refractivity contribution < 1.29 is 0 Å². The van der Waals surface area contributed by atoms with E-state index in [4.69, 9.17) is 0 Å². The van der Waals surface area contributed by atoms with Crippen LogP contribution < -0.4 is 5.32 Å². The maximum absolute atomic E-state index is 3.32. The van der Waals surface area contributed by atoms with Gasteiger partial charge in [0.05, 0.1) is 0 Å². The molecule has 1 unspecified atom stereocenters. The predicted molar refractivity (Wildman–Crippen MR) is 66.3 cm³/mol. The van der Waals surface area contributed by atoms with E-state index in [2.05, 4.69) is 42.9 Å². The molecule has 0 saturated carbocycles. The molecule has 0 aromatic heterocycles. The second kappa shape index (κ2) is 5.28. The summed E-state index contributed by atoms with van der Waals surface area (Å²) in [6.07, 6.45) is 1.26. The highest BCUT2D eigenvalue weighted by Crippen LogP contribution is 2.24. The average molecular weight is 213 g/mol. The van der Waals surface area contributed by atoms with Gasteiger partial charge in [-0.15, -0.1) is 0 Å². The van der Waals surface area contributed by atoms with E-state index in [0.717, 1.165) is 13.1 Å². The minimum Gasteiger partial charge on any atom is -0.318 e. The van der Waals surface area contributed by atoms with Gasteiger partial charge in [-0.25, -0.2) is 0 Å². The lowest BCUT2D eigenvalue weighted by Gasteiger charge is -2.41. The molecule has 1 fully saturated rings. The van der Waals surface area contributed by atoms with Gasteiger partial charge in [-0.3, -0.25) is 4.90 Å². The molecule has 1 saturated heterocycles. The van der Waals surface area contributed by atoms with E-state index in [9.17, 15) is 0 Å². The van der Waals surface area contributed by atoms with Crippen molar-refractivity contribution in [3.8, 4) is 0 Å². The predicted octanol–water partition coefficient (Wildman–Crippen LogP) is 1.01. The van der Waals surface area contributed by atoms with E-state index in [1.165, 1.54) is 19.5 Å². The minimum absolute atomic E-state index is 0.334. The highest BCUT2D eigenvalue weighted by atomic mass is 15.3. The number of likely N-dealkylation sites (N-methyl/N-ethyl adjacent to an activating group) is 3. The molecule has 3 heteroatoms. The molecule has 0 bridgehead atoms. The van der Waals surface area contributed by atoms with E-state index in [0.29, 0.717) is 11.6 Å². The molecule has 0 amide bonds. The largest absolute Gasteiger partial charge is 0.318 e. The van der Waals surface area contributed by atoms with Crippen LogP contribution in [0.15, 0.2) is 0 Å². The Balaban J connectivity index is 2.79. The lowest BCUT2D eigenvalue weighted by Crippen LogP contribution is -2.53. The molecular formula is C12H27N3. The van der Waals surface area contributed by atoms with E-state index in [-0.39, 0.29) is 0 Å². The zero-order chi connectivity index (χ0) is 11.5. The van der Waals surface area contributed by atoms with Crippen molar-refractivity contribution in [2.24, 2.45) is 0 Å². The van der Waals surface area contributed by atoms with Crippen LogP contribution in [0.5, 0.6) is 0 Å². The number of nitrogens with one attached hydrogen (secondary N) is 1. The smallest absolute Gasteiger partial charge is 0.0352 e. The summed E-state index contributed by atoms with van der Waals surface area (Å²) in [4.78, 5) is 5.10. The molecule has 1 N–H and O–H groups in total. The van der Waals surface area contributed by atoms with Gasteiger partial charge in [0, 0.05) is 24.7 Å². The third-order valence-corrected chi connectivity index (χ3v) is 3.63. The van der Waals surface area contributed by atoms with Crippen LogP contribution in [0.2, 0.25) is 0 Å². The standard InChI is InChI=1S/C12H27N3/c1-6-15-11(9-13-4)10-14(5)8-7-12(15,2)3/h11,13H,6-10H2,1-5H3. The van der Waals surface area contributed by atoms with Crippen LogP contribution in [-0.2, 0) is 0 Å². The Hall–Kier alpha value is -0.120. The zero-order valence-corrected chi connectivity index (χ0v) is 11.0. The molecule has 15 heavy (non-hydrogen) atoms.